The average Bonchev–Trinajstić information content (AvgIpc) is 2.65. The first-order valence-electron chi connectivity index (χ1n) is 4.89. The largest absolute Gasteiger partial charge is 0.507 e. The zero-order valence-electron chi connectivity index (χ0n) is 8.54. The molecule has 0 aliphatic rings. The Morgan fingerprint density at radius 3 is 2.73 bits per heavy atom. The molecule has 0 fully saturated rings. The molecule has 4 N–H and O–H groups in total. The lowest BCUT2D eigenvalue weighted by Crippen LogP contribution is -2.09. The Balaban J connectivity index is 2.53. The van der Waals surface area contributed by atoms with Crippen LogP contribution in [0.2, 0.25) is 0 Å². The van der Waals surface area contributed by atoms with Crippen molar-refractivity contribution in [3.05, 3.63) is 23.9 Å². The number of phenols is 2. The number of fused-ring (bicyclic) bond motifs is 1. The third kappa shape index (κ3) is 1.64. The minimum absolute atomic E-state index is 0.165. The summed E-state index contributed by atoms with van der Waals surface area (Å²) in [5.74, 6) is 0.369. The molecule has 0 saturated heterocycles. The lowest BCUT2D eigenvalue weighted by atomic mass is 10.1. The normalized spacial score (nSPS) is 11.0. The van der Waals surface area contributed by atoms with Crippen LogP contribution in [0.25, 0.3) is 10.9 Å². The quantitative estimate of drug-likeness (QED) is 0.573. The number of benzene rings is 1. The van der Waals surface area contributed by atoms with Gasteiger partial charge in [0.2, 0.25) is 0 Å². The number of phenolic OH excluding ortho intramolecular Hbond substituents is 2. The van der Waals surface area contributed by atoms with Crippen LogP contribution in [0.15, 0.2) is 18.3 Å². The fourth-order valence-corrected chi connectivity index (χ4v) is 1.74. The van der Waals surface area contributed by atoms with E-state index in [4.69, 9.17) is 0 Å². The van der Waals surface area contributed by atoms with Crippen LogP contribution in [-0.4, -0.2) is 28.8 Å². The molecule has 1 aromatic carbocycles. The molecule has 0 amide bonds. The van der Waals surface area contributed by atoms with Crippen molar-refractivity contribution in [1.82, 2.24) is 10.3 Å². The van der Waals surface area contributed by atoms with Gasteiger partial charge in [-0.15, -0.1) is 0 Å². The van der Waals surface area contributed by atoms with Crippen molar-refractivity contribution in [2.24, 2.45) is 0 Å². The van der Waals surface area contributed by atoms with Gasteiger partial charge in [-0.3, -0.25) is 0 Å². The summed E-state index contributed by atoms with van der Waals surface area (Å²) in [4.78, 5) is 2.97. The Labute approximate surface area is 87.6 Å². The number of nitrogens with one attached hydrogen (secondary N) is 2. The van der Waals surface area contributed by atoms with Crippen molar-refractivity contribution in [2.45, 2.75) is 6.42 Å². The number of likely N-dealkylation sites (N-methyl/N-ethyl adjacent to an activating group) is 1. The Kier molecular flexibility index (Phi) is 2.51. The Hall–Kier alpha value is -1.68. The van der Waals surface area contributed by atoms with E-state index in [1.54, 1.807) is 0 Å². The van der Waals surface area contributed by atoms with Gasteiger partial charge in [0, 0.05) is 11.6 Å². The number of H-pyrrole nitrogens is 1. The zero-order valence-corrected chi connectivity index (χ0v) is 8.54. The smallest absolute Gasteiger partial charge is 0.139 e. The molecule has 15 heavy (non-hydrogen) atoms. The SMILES string of the molecule is CNCCc1c[nH]c2c(O)ccc(O)c12. The number of aromatic nitrogens is 1. The van der Waals surface area contributed by atoms with E-state index in [0.717, 1.165) is 18.5 Å². The molecule has 0 spiro atoms. The highest BCUT2D eigenvalue weighted by Crippen LogP contribution is 2.33. The molecule has 0 bridgehead atoms. The van der Waals surface area contributed by atoms with E-state index in [0.29, 0.717) is 10.9 Å². The molecule has 4 nitrogen and oxygen atoms in total. The predicted octanol–water partition coefficient (Wildman–Crippen LogP) is 1.34. The van der Waals surface area contributed by atoms with Gasteiger partial charge in [-0.1, -0.05) is 0 Å². The maximum Gasteiger partial charge on any atom is 0.139 e. The van der Waals surface area contributed by atoms with E-state index in [-0.39, 0.29) is 11.5 Å². The van der Waals surface area contributed by atoms with Crippen molar-refractivity contribution in [2.75, 3.05) is 13.6 Å². The van der Waals surface area contributed by atoms with Crippen LogP contribution in [0.5, 0.6) is 11.5 Å². The molecule has 4 heteroatoms. The number of hydrogen-bond donors (Lipinski definition) is 4. The predicted molar refractivity (Wildman–Crippen MR) is 59.3 cm³/mol. The van der Waals surface area contributed by atoms with Gasteiger partial charge in [0.05, 0.1) is 5.52 Å². The summed E-state index contributed by atoms with van der Waals surface area (Å²) in [7, 11) is 1.88. The molecule has 2 aromatic rings. The van der Waals surface area contributed by atoms with Crippen LogP contribution in [0.4, 0.5) is 0 Å². The summed E-state index contributed by atoms with van der Waals surface area (Å²) >= 11 is 0. The van der Waals surface area contributed by atoms with Crippen molar-refractivity contribution >= 4 is 10.9 Å². The number of rotatable bonds is 3. The molecular weight excluding hydrogens is 192 g/mol. The monoisotopic (exact) mass is 206 g/mol. The van der Waals surface area contributed by atoms with E-state index in [9.17, 15) is 10.2 Å². The maximum absolute atomic E-state index is 9.71. The highest BCUT2D eigenvalue weighted by molar-refractivity contribution is 5.93. The van der Waals surface area contributed by atoms with Gasteiger partial charge in [0.25, 0.3) is 0 Å². The van der Waals surface area contributed by atoms with Crippen molar-refractivity contribution in [3.8, 4) is 11.5 Å². The standard InChI is InChI=1S/C11H14N2O2/c1-12-5-4-7-6-13-11-9(15)3-2-8(14)10(7)11/h2-3,6,12-15H,4-5H2,1H3. The van der Waals surface area contributed by atoms with Gasteiger partial charge >= 0.3 is 0 Å². The molecule has 0 aliphatic carbocycles. The van der Waals surface area contributed by atoms with Crippen LogP contribution in [-0.2, 0) is 6.42 Å². The van der Waals surface area contributed by atoms with E-state index >= 15 is 0 Å². The van der Waals surface area contributed by atoms with E-state index in [1.807, 2.05) is 13.2 Å². The van der Waals surface area contributed by atoms with Gasteiger partial charge in [-0.25, -0.2) is 0 Å². The molecule has 0 unspecified atom stereocenters. The molecule has 0 saturated carbocycles. The highest BCUT2D eigenvalue weighted by Gasteiger charge is 2.10. The van der Waals surface area contributed by atoms with Crippen molar-refractivity contribution in [3.63, 3.8) is 0 Å². The van der Waals surface area contributed by atoms with E-state index in [2.05, 4.69) is 10.3 Å². The second-order valence-electron chi connectivity index (χ2n) is 3.52. The minimum Gasteiger partial charge on any atom is -0.507 e. The molecule has 0 radical (unpaired) electrons. The maximum atomic E-state index is 9.71. The molecule has 1 heterocycles. The second-order valence-corrected chi connectivity index (χ2v) is 3.52. The summed E-state index contributed by atoms with van der Waals surface area (Å²) < 4.78 is 0. The lowest BCUT2D eigenvalue weighted by molar-refractivity contribution is 0.469. The number of hydrogen-bond acceptors (Lipinski definition) is 3. The van der Waals surface area contributed by atoms with Gasteiger partial charge in [-0.05, 0) is 37.7 Å². The summed E-state index contributed by atoms with van der Waals surface area (Å²) in [6, 6.07) is 2.99. The summed E-state index contributed by atoms with van der Waals surface area (Å²) in [5.41, 5.74) is 1.61. The first-order chi connectivity index (χ1) is 7.24. The van der Waals surface area contributed by atoms with Gasteiger partial charge in [-0.2, -0.15) is 0 Å². The van der Waals surface area contributed by atoms with Gasteiger partial charge < -0.3 is 20.5 Å². The lowest BCUT2D eigenvalue weighted by Gasteiger charge is -2.01. The van der Waals surface area contributed by atoms with E-state index in [1.165, 1.54) is 12.1 Å². The Morgan fingerprint density at radius 2 is 2.00 bits per heavy atom. The third-order valence-corrected chi connectivity index (χ3v) is 2.52. The highest BCUT2D eigenvalue weighted by atomic mass is 16.3. The third-order valence-electron chi connectivity index (χ3n) is 2.52. The first kappa shape index (κ1) is 9.86. The summed E-state index contributed by atoms with van der Waals surface area (Å²) in [6.07, 6.45) is 2.63. The van der Waals surface area contributed by atoms with Crippen LogP contribution in [0, 0.1) is 0 Å². The average molecular weight is 206 g/mol. The number of aromatic amines is 1. The summed E-state index contributed by atoms with van der Waals surface area (Å²) in [5, 5.41) is 23.0. The van der Waals surface area contributed by atoms with Crippen LogP contribution < -0.4 is 5.32 Å². The topological polar surface area (TPSA) is 68.3 Å². The Morgan fingerprint density at radius 1 is 1.27 bits per heavy atom. The molecule has 2 rings (SSSR count). The number of aromatic hydroxyl groups is 2. The zero-order chi connectivity index (χ0) is 10.8. The molecule has 80 valence electrons. The second kappa shape index (κ2) is 3.82. The molecule has 0 aliphatic heterocycles. The fourth-order valence-electron chi connectivity index (χ4n) is 1.74. The molecular formula is C11H14N2O2. The molecule has 0 atom stereocenters. The van der Waals surface area contributed by atoms with Crippen molar-refractivity contribution < 1.29 is 10.2 Å². The van der Waals surface area contributed by atoms with Crippen LogP contribution in [0.3, 0.4) is 0 Å². The minimum atomic E-state index is 0.165. The Bertz CT molecular complexity index is 477. The fraction of sp³-hybridized carbons (Fsp3) is 0.273. The van der Waals surface area contributed by atoms with Crippen LogP contribution in [0.1, 0.15) is 5.56 Å². The van der Waals surface area contributed by atoms with E-state index < -0.39 is 0 Å². The van der Waals surface area contributed by atoms with Gasteiger partial charge in [0.1, 0.15) is 11.5 Å². The van der Waals surface area contributed by atoms with Crippen molar-refractivity contribution in [1.29, 1.82) is 0 Å². The first-order valence-corrected chi connectivity index (χ1v) is 4.89. The van der Waals surface area contributed by atoms with Crippen LogP contribution >= 0.6 is 0 Å². The van der Waals surface area contributed by atoms with Gasteiger partial charge in [0.15, 0.2) is 0 Å². The summed E-state index contributed by atoms with van der Waals surface area (Å²) in [6.45, 7) is 0.835. The molecule has 1 aromatic heterocycles.